The van der Waals surface area contributed by atoms with Crippen LogP contribution in [0.5, 0.6) is 0 Å². The van der Waals surface area contributed by atoms with Crippen LogP contribution in [-0.4, -0.2) is 29.2 Å². The molecule has 0 aromatic heterocycles. The smallest absolute Gasteiger partial charge is 0.0589 e. The maximum atomic E-state index is 9.68. The van der Waals surface area contributed by atoms with Crippen LogP contribution in [0, 0.1) is 11.8 Å². The number of aliphatic hydroxyl groups excluding tert-OH is 1. The minimum Gasteiger partial charge on any atom is -0.395 e. The van der Waals surface area contributed by atoms with Gasteiger partial charge >= 0.3 is 0 Å². The lowest BCUT2D eigenvalue weighted by molar-refractivity contribution is 0.130. The molecule has 0 bridgehead atoms. The maximum Gasteiger partial charge on any atom is 0.0589 e. The highest BCUT2D eigenvalue weighted by Gasteiger charge is 2.44. The standard InChI is InChI=1S/C16H21NO/c1-12-7-14-10-17(16(11-18)15(14)8-12)9-13-5-3-2-4-6-13/h2-6,14-16,18H,1,7-11H2/t14-,15-,16?/m0/s1. The molecular formula is C16H21NO. The number of likely N-dealkylation sites (tertiary alicyclic amines) is 1. The summed E-state index contributed by atoms with van der Waals surface area (Å²) in [6.07, 6.45) is 2.27. The molecule has 2 heteroatoms. The zero-order valence-electron chi connectivity index (χ0n) is 10.8. The van der Waals surface area contributed by atoms with Crippen molar-refractivity contribution in [1.29, 1.82) is 0 Å². The topological polar surface area (TPSA) is 23.5 Å². The predicted octanol–water partition coefficient (Wildman–Crippen LogP) is 2.45. The summed E-state index contributed by atoms with van der Waals surface area (Å²) in [6.45, 7) is 6.47. The lowest BCUT2D eigenvalue weighted by Crippen LogP contribution is -2.35. The largest absolute Gasteiger partial charge is 0.395 e. The Bertz CT molecular complexity index is 428. The van der Waals surface area contributed by atoms with Gasteiger partial charge in [-0.05, 0) is 30.2 Å². The first-order chi connectivity index (χ1) is 8.78. The molecule has 0 radical (unpaired) electrons. The Morgan fingerprint density at radius 3 is 2.72 bits per heavy atom. The maximum absolute atomic E-state index is 9.68. The highest BCUT2D eigenvalue weighted by molar-refractivity contribution is 5.17. The summed E-state index contributed by atoms with van der Waals surface area (Å²) in [5.74, 6) is 1.35. The van der Waals surface area contributed by atoms with Crippen molar-refractivity contribution < 1.29 is 5.11 Å². The van der Waals surface area contributed by atoms with E-state index in [-0.39, 0.29) is 6.61 Å². The third-order valence-electron chi connectivity index (χ3n) is 4.53. The van der Waals surface area contributed by atoms with E-state index in [0.29, 0.717) is 12.0 Å². The lowest BCUT2D eigenvalue weighted by atomic mass is 9.94. The predicted molar refractivity (Wildman–Crippen MR) is 73.1 cm³/mol. The second kappa shape index (κ2) is 4.87. The molecule has 1 heterocycles. The van der Waals surface area contributed by atoms with Crippen molar-refractivity contribution in [3.8, 4) is 0 Å². The van der Waals surface area contributed by atoms with Crippen LogP contribution < -0.4 is 0 Å². The van der Waals surface area contributed by atoms with Crippen LogP contribution in [0.15, 0.2) is 42.5 Å². The Labute approximate surface area is 109 Å². The molecule has 1 aliphatic carbocycles. The molecule has 1 aromatic carbocycles. The monoisotopic (exact) mass is 243 g/mol. The van der Waals surface area contributed by atoms with Gasteiger partial charge in [0.15, 0.2) is 0 Å². The van der Waals surface area contributed by atoms with Gasteiger partial charge in [-0.2, -0.15) is 0 Å². The molecule has 1 aliphatic heterocycles. The summed E-state index contributed by atoms with van der Waals surface area (Å²) in [5.41, 5.74) is 2.72. The minimum absolute atomic E-state index is 0.279. The minimum atomic E-state index is 0.279. The summed E-state index contributed by atoms with van der Waals surface area (Å²) in [5, 5.41) is 9.68. The Hall–Kier alpha value is -1.12. The molecular weight excluding hydrogens is 222 g/mol. The van der Waals surface area contributed by atoms with E-state index >= 15 is 0 Å². The highest BCUT2D eigenvalue weighted by atomic mass is 16.3. The van der Waals surface area contributed by atoms with E-state index in [1.165, 1.54) is 11.1 Å². The van der Waals surface area contributed by atoms with Gasteiger partial charge in [-0.3, -0.25) is 4.90 Å². The summed E-state index contributed by atoms with van der Waals surface area (Å²) in [6, 6.07) is 10.9. The summed E-state index contributed by atoms with van der Waals surface area (Å²) >= 11 is 0. The molecule has 1 unspecified atom stereocenters. The van der Waals surface area contributed by atoms with E-state index in [1.54, 1.807) is 0 Å². The van der Waals surface area contributed by atoms with Gasteiger partial charge in [0.05, 0.1) is 6.61 Å². The number of rotatable bonds is 3. The zero-order chi connectivity index (χ0) is 12.5. The van der Waals surface area contributed by atoms with Gasteiger partial charge in [0.1, 0.15) is 0 Å². The quantitative estimate of drug-likeness (QED) is 0.824. The first-order valence-corrected chi connectivity index (χ1v) is 6.83. The van der Waals surface area contributed by atoms with Gasteiger partial charge in [0, 0.05) is 19.1 Å². The van der Waals surface area contributed by atoms with E-state index in [0.717, 1.165) is 31.8 Å². The molecule has 1 aromatic rings. The van der Waals surface area contributed by atoms with Crippen LogP contribution in [-0.2, 0) is 6.54 Å². The molecule has 2 aliphatic rings. The Kier molecular flexibility index (Phi) is 3.23. The first kappa shape index (κ1) is 11.9. The van der Waals surface area contributed by atoms with Crippen LogP contribution in [0.3, 0.4) is 0 Å². The Balaban J connectivity index is 1.72. The molecule has 1 saturated carbocycles. The average Bonchev–Trinajstić information content (AvgIpc) is 2.85. The van der Waals surface area contributed by atoms with E-state index in [2.05, 4.69) is 41.8 Å². The van der Waals surface area contributed by atoms with Gasteiger partial charge in [-0.1, -0.05) is 42.5 Å². The molecule has 1 N–H and O–H groups in total. The Morgan fingerprint density at radius 2 is 2.00 bits per heavy atom. The van der Waals surface area contributed by atoms with Crippen molar-refractivity contribution >= 4 is 0 Å². The van der Waals surface area contributed by atoms with E-state index in [1.807, 2.05) is 0 Å². The van der Waals surface area contributed by atoms with Gasteiger partial charge in [-0.15, -0.1) is 0 Å². The highest BCUT2D eigenvalue weighted by Crippen LogP contribution is 2.44. The number of benzene rings is 1. The fourth-order valence-corrected chi connectivity index (χ4v) is 3.71. The second-order valence-electron chi connectivity index (χ2n) is 5.75. The lowest BCUT2D eigenvalue weighted by Gasteiger charge is -2.26. The van der Waals surface area contributed by atoms with E-state index < -0.39 is 0 Å². The second-order valence-corrected chi connectivity index (χ2v) is 5.75. The van der Waals surface area contributed by atoms with Crippen molar-refractivity contribution in [2.75, 3.05) is 13.2 Å². The van der Waals surface area contributed by atoms with Crippen LogP contribution in [0.25, 0.3) is 0 Å². The van der Waals surface area contributed by atoms with Crippen molar-refractivity contribution in [2.24, 2.45) is 11.8 Å². The van der Waals surface area contributed by atoms with Crippen molar-refractivity contribution in [3.63, 3.8) is 0 Å². The molecule has 0 amide bonds. The number of allylic oxidation sites excluding steroid dienone is 1. The fraction of sp³-hybridized carbons (Fsp3) is 0.500. The SMILES string of the molecule is C=C1C[C@H]2CN(Cc3ccccc3)C(CO)[C@H]2C1. The van der Waals surface area contributed by atoms with Gasteiger partial charge in [0.2, 0.25) is 0 Å². The van der Waals surface area contributed by atoms with Crippen LogP contribution in [0.2, 0.25) is 0 Å². The zero-order valence-corrected chi connectivity index (χ0v) is 10.8. The van der Waals surface area contributed by atoms with Gasteiger partial charge in [0.25, 0.3) is 0 Å². The van der Waals surface area contributed by atoms with Crippen LogP contribution >= 0.6 is 0 Å². The van der Waals surface area contributed by atoms with Gasteiger partial charge < -0.3 is 5.11 Å². The van der Waals surface area contributed by atoms with Crippen molar-refractivity contribution in [3.05, 3.63) is 48.0 Å². The summed E-state index contributed by atoms with van der Waals surface area (Å²) in [4.78, 5) is 2.46. The molecule has 2 fully saturated rings. The molecule has 1 saturated heterocycles. The number of hydrogen-bond donors (Lipinski definition) is 1. The number of fused-ring (bicyclic) bond motifs is 1. The molecule has 18 heavy (non-hydrogen) atoms. The number of nitrogens with zero attached hydrogens (tertiary/aromatic N) is 1. The number of aliphatic hydroxyl groups is 1. The summed E-state index contributed by atoms with van der Waals surface area (Å²) < 4.78 is 0. The third-order valence-corrected chi connectivity index (χ3v) is 4.53. The normalized spacial score (nSPS) is 31.8. The van der Waals surface area contributed by atoms with Crippen molar-refractivity contribution in [2.45, 2.75) is 25.4 Å². The Morgan fingerprint density at radius 1 is 1.22 bits per heavy atom. The van der Waals surface area contributed by atoms with Crippen LogP contribution in [0.1, 0.15) is 18.4 Å². The molecule has 0 spiro atoms. The molecule has 3 rings (SSSR count). The summed E-state index contributed by atoms with van der Waals surface area (Å²) in [7, 11) is 0. The molecule has 96 valence electrons. The average molecular weight is 243 g/mol. The molecule has 2 nitrogen and oxygen atoms in total. The fourth-order valence-electron chi connectivity index (χ4n) is 3.71. The van der Waals surface area contributed by atoms with Gasteiger partial charge in [-0.25, -0.2) is 0 Å². The number of hydrogen-bond acceptors (Lipinski definition) is 2. The third kappa shape index (κ3) is 2.11. The van der Waals surface area contributed by atoms with E-state index in [4.69, 9.17) is 0 Å². The molecule has 3 atom stereocenters. The van der Waals surface area contributed by atoms with E-state index in [9.17, 15) is 5.11 Å². The first-order valence-electron chi connectivity index (χ1n) is 6.83. The van der Waals surface area contributed by atoms with Crippen molar-refractivity contribution in [1.82, 2.24) is 4.90 Å². The van der Waals surface area contributed by atoms with Crippen LogP contribution in [0.4, 0.5) is 0 Å².